The van der Waals surface area contributed by atoms with Crippen LogP contribution in [0.1, 0.15) is 35.3 Å². The zero-order valence-electron chi connectivity index (χ0n) is 10.1. The number of carbonyl (C=O) groups is 1. The van der Waals surface area contributed by atoms with Crippen molar-refractivity contribution in [3.8, 4) is 12.3 Å². The Morgan fingerprint density at radius 1 is 1.44 bits per heavy atom. The molecule has 2 heteroatoms. The number of terminal acetylenes is 1. The molecule has 1 rings (SSSR count). The fourth-order valence-electron chi connectivity index (χ4n) is 1.47. The summed E-state index contributed by atoms with van der Waals surface area (Å²) in [5, 5.41) is 0. The van der Waals surface area contributed by atoms with Crippen molar-refractivity contribution in [2.45, 2.75) is 26.2 Å². The van der Waals surface area contributed by atoms with Crippen LogP contribution in [0.25, 0.3) is 0 Å². The van der Waals surface area contributed by atoms with Gasteiger partial charge >= 0.3 is 5.97 Å². The first-order valence-electron chi connectivity index (χ1n) is 5.09. The van der Waals surface area contributed by atoms with Crippen LogP contribution in [0.5, 0.6) is 0 Å². The van der Waals surface area contributed by atoms with Crippen molar-refractivity contribution in [3.05, 3.63) is 34.9 Å². The minimum absolute atomic E-state index is 0.317. The molecule has 0 aliphatic carbocycles. The molecule has 0 aliphatic rings. The molecule has 0 radical (unpaired) electrons. The van der Waals surface area contributed by atoms with Crippen LogP contribution in [0.3, 0.4) is 0 Å². The normalized spacial score (nSPS) is 10.7. The van der Waals surface area contributed by atoms with Crippen LogP contribution in [0, 0.1) is 19.3 Å². The third-order valence-corrected chi connectivity index (χ3v) is 2.71. The molecule has 0 saturated carbocycles. The SMILES string of the molecule is C#CC(C)(C)c1ccc(C(=O)OC)c(C)c1. The minimum Gasteiger partial charge on any atom is -0.465 e. The molecule has 0 aliphatic heterocycles. The quantitative estimate of drug-likeness (QED) is 0.561. The zero-order valence-corrected chi connectivity index (χ0v) is 10.1. The number of carbonyl (C=O) groups excluding carboxylic acids is 1. The predicted octanol–water partition coefficient (Wildman–Crippen LogP) is 2.69. The van der Waals surface area contributed by atoms with Gasteiger partial charge in [0.25, 0.3) is 0 Å². The second-order valence-electron chi connectivity index (χ2n) is 4.29. The number of ether oxygens (including phenoxy) is 1. The maximum atomic E-state index is 11.4. The van der Waals surface area contributed by atoms with Gasteiger partial charge in [-0.25, -0.2) is 4.79 Å². The molecule has 0 N–H and O–H groups in total. The third-order valence-electron chi connectivity index (χ3n) is 2.71. The van der Waals surface area contributed by atoms with Crippen LogP contribution in [0.4, 0.5) is 0 Å². The summed E-state index contributed by atoms with van der Waals surface area (Å²) < 4.78 is 4.69. The molecule has 16 heavy (non-hydrogen) atoms. The summed E-state index contributed by atoms with van der Waals surface area (Å²) in [6, 6.07) is 5.57. The molecule has 0 saturated heterocycles. The first-order chi connectivity index (χ1) is 7.42. The van der Waals surface area contributed by atoms with E-state index in [1.807, 2.05) is 32.9 Å². The van der Waals surface area contributed by atoms with Gasteiger partial charge in [0, 0.05) is 0 Å². The number of benzene rings is 1. The van der Waals surface area contributed by atoms with Gasteiger partial charge in [0.1, 0.15) is 0 Å². The molecule has 0 atom stereocenters. The largest absolute Gasteiger partial charge is 0.465 e. The summed E-state index contributed by atoms with van der Waals surface area (Å²) in [6.45, 7) is 5.82. The van der Waals surface area contributed by atoms with E-state index in [2.05, 4.69) is 10.7 Å². The first kappa shape index (κ1) is 12.3. The molecule has 1 aromatic rings. The van der Waals surface area contributed by atoms with Crippen LogP contribution >= 0.6 is 0 Å². The predicted molar refractivity (Wildman–Crippen MR) is 64.4 cm³/mol. The molecule has 0 bridgehead atoms. The van der Waals surface area contributed by atoms with Gasteiger partial charge in [0.2, 0.25) is 0 Å². The van der Waals surface area contributed by atoms with E-state index in [0.717, 1.165) is 11.1 Å². The average Bonchev–Trinajstić information content (AvgIpc) is 2.28. The van der Waals surface area contributed by atoms with E-state index in [1.165, 1.54) is 7.11 Å². The first-order valence-corrected chi connectivity index (χ1v) is 5.09. The van der Waals surface area contributed by atoms with Crippen LogP contribution in [0.2, 0.25) is 0 Å². The van der Waals surface area contributed by atoms with E-state index in [1.54, 1.807) is 6.07 Å². The van der Waals surface area contributed by atoms with Crippen molar-refractivity contribution >= 4 is 5.97 Å². The second-order valence-corrected chi connectivity index (χ2v) is 4.29. The summed E-state index contributed by atoms with van der Waals surface area (Å²) >= 11 is 0. The van der Waals surface area contributed by atoms with Gasteiger partial charge in [-0.1, -0.05) is 18.1 Å². The van der Waals surface area contributed by atoms with E-state index in [4.69, 9.17) is 6.42 Å². The molecule has 0 aromatic heterocycles. The van der Waals surface area contributed by atoms with E-state index < -0.39 is 0 Å². The Morgan fingerprint density at radius 3 is 2.50 bits per heavy atom. The summed E-state index contributed by atoms with van der Waals surface area (Å²) in [5.74, 6) is 2.41. The summed E-state index contributed by atoms with van der Waals surface area (Å²) in [4.78, 5) is 11.4. The van der Waals surface area contributed by atoms with Gasteiger partial charge in [0.05, 0.1) is 18.1 Å². The van der Waals surface area contributed by atoms with Gasteiger partial charge in [-0.3, -0.25) is 0 Å². The highest BCUT2D eigenvalue weighted by Crippen LogP contribution is 2.24. The number of hydrogen-bond donors (Lipinski definition) is 0. The van der Waals surface area contributed by atoms with Gasteiger partial charge in [-0.05, 0) is 38.0 Å². The lowest BCUT2D eigenvalue weighted by Gasteiger charge is -2.19. The number of esters is 1. The maximum Gasteiger partial charge on any atom is 0.338 e. The fraction of sp³-hybridized carbons (Fsp3) is 0.357. The topological polar surface area (TPSA) is 26.3 Å². The van der Waals surface area contributed by atoms with E-state index in [-0.39, 0.29) is 11.4 Å². The molecule has 1 aromatic carbocycles. The molecular weight excluding hydrogens is 200 g/mol. The summed E-state index contributed by atoms with van der Waals surface area (Å²) in [5.41, 5.74) is 2.17. The highest BCUT2D eigenvalue weighted by molar-refractivity contribution is 5.91. The summed E-state index contributed by atoms with van der Waals surface area (Å²) in [7, 11) is 1.38. The Labute approximate surface area is 96.6 Å². The Bertz CT molecular complexity index is 450. The molecule has 0 heterocycles. The number of aryl methyl sites for hydroxylation is 1. The number of methoxy groups -OCH3 is 1. The van der Waals surface area contributed by atoms with Crippen molar-refractivity contribution in [1.82, 2.24) is 0 Å². The molecule has 84 valence electrons. The number of hydrogen-bond acceptors (Lipinski definition) is 2. The zero-order chi connectivity index (χ0) is 12.3. The van der Waals surface area contributed by atoms with E-state index in [0.29, 0.717) is 5.56 Å². The molecule has 0 amide bonds. The van der Waals surface area contributed by atoms with Crippen LogP contribution in [-0.2, 0) is 10.2 Å². The lowest BCUT2D eigenvalue weighted by atomic mass is 9.84. The third kappa shape index (κ3) is 2.25. The second kappa shape index (κ2) is 4.40. The Hall–Kier alpha value is -1.75. The van der Waals surface area contributed by atoms with Crippen molar-refractivity contribution < 1.29 is 9.53 Å². The minimum atomic E-state index is -0.320. The molecule has 0 fully saturated rings. The maximum absolute atomic E-state index is 11.4. The fourth-order valence-corrected chi connectivity index (χ4v) is 1.47. The van der Waals surface area contributed by atoms with E-state index >= 15 is 0 Å². The van der Waals surface area contributed by atoms with Gasteiger partial charge in [-0.15, -0.1) is 6.42 Å². The smallest absolute Gasteiger partial charge is 0.338 e. The highest BCUT2D eigenvalue weighted by Gasteiger charge is 2.19. The van der Waals surface area contributed by atoms with Crippen LogP contribution in [0.15, 0.2) is 18.2 Å². The Morgan fingerprint density at radius 2 is 2.06 bits per heavy atom. The molecule has 0 unspecified atom stereocenters. The van der Waals surface area contributed by atoms with Crippen LogP contribution in [-0.4, -0.2) is 13.1 Å². The van der Waals surface area contributed by atoms with Gasteiger partial charge in [0.15, 0.2) is 0 Å². The molecular formula is C14H16O2. The Kier molecular flexibility index (Phi) is 3.39. The molecule has 2 nitrogen and oxygen atoms in total. The molecule has 0 spiro atoms. The van der Waals surface area contributed by atoms with Crippen molar-refractivity contribution in [2.75, 3.05) is 7.11 Å². The van der Waals surface area contributed by atoms with Gasteiger partial charge < -0.3 is 4.74 Å². The number of rotatable bonds is 2. The van der Waals surface area contributed by atoms with Crippen molar-refractivity contribution in [2.24, 2.45) is 0 Å². The van der Waals surface area contributed by atoms with Crippen LogP contribution < -0.4 is 0 Å². The average molecular weight is 216 g/mol. The lowest BCUT2D eigenvalue weighted by Crippen LogP contribution is -2.15. The van der Waals surface area contributed by atoms with Crippen molar-refractivity contribution in [3.63, 3.8) is 0 Å². The standard InChI is InChI=1S/C14H16O2/c1-6-14(3,4)11-7-8-12(10(2)9-11)13(15)16-5/h1,7-9H,2-5H3. The lowest BCUT2D eigenvalue weighted by molar-refractivity contribution is 0.0600. The van der Waals surface area contributed by atoms with Crippen molar-refractivity contribution in [1.29, 1.82) is 0 Å². The Balaban J connectivity index is 3.20. The van der Waals surface area contributed by atoms with E-state index in [9.17, 15) is 4.79 Å². The van der Waals surface area contributed by atoms with Gasteiger partial charge in [-0.2, -0.15) is 0 Å². The highest BCUT2D eigenvalue weighted by atomic mass is 16.5. The monoisotopic (exact) mass is 216 g/mol. The summed E-state index contributed by atoms with van der Waals surface area (Å²) in [6.07, 6.45) is 5.47.